The standard InChI is InChI=1S/C13H12F2N2O2/c14-6-9(7-15)19-8-1-2-12-11(5-8)10(13(16)18)3-4-17-12/h1-5,9H,6-7H2,(H2,16,18). The fourth-order valence-corrected chi connectivity index (χ4v) is 1.71. The summed E-state index contributed by atoms with van der Waals surface area (Å²) in [6.07, 6.45) is 0.320. The second-order valence-corrected chi connectivity index (χ2v) is 3.95. The molecule has 0 aliphatic rings. The second kappa shape index (κ2) is 5.60. The Bertz CT molecular complexity index is 600. The van der Waals surface area contributed by atoms with Crippen LogP contribution in [-0.4, -0.2) is 30.3 Å². The van der Waals surface area contributed by atoms with Crippen LogP contribution < -0.4 is 10.5 Å². The molecule has 2 aromatic rings. The number of rotatable bonds is 5. The molecule has 0 radical (unpaired) electrons. The smallest absolute Gasteiger partial charge is 0.249 e. The Morgan fingerprint density at radius 1 is 1.32 bits per heavy atom. The number of benzene rings is 1. The van der Waals surface area contributed by atoms with Crippen molar-refractivity contribution < 1.29 is 18.3 Å². The van der Waals surface area contributed by atoms with Crippen LogP contribution in [0, 0.1) is 0 Å². The first-order valence-electron chi connectivity index (χ1n) is 5.63. The van der Waals surface area contributed by atoms with Gasteiger partial charge in [0.05, 0.1) is 11.1 Å². The number of hydrogen-bond acceptors (Lipinski definition) is 3. The van der Waals surface area contributed by atoms with Gasteiger partial charge >= 0.3 is 0 Å². The number of amides is 1. The van der Waals surface area contributed by atoms with Crippen molar-refractivity contribution in [2.45, 2.75) is 6.10 Å². The van der Waals surface area contributed by atoms with Crippen LogP contribution in [0.25, 0.3) is 10.9 Å². The molecule has 19 heavy (non-hydrogen) atoms. The summed E-state index contributed by atoms with van der Waals surface area (Å²) in [6.45, 7) is -1.85. The van der Waals surface area contributed by atoms with Gasteiger partial charge in [0, 0.05) is 11.6 Å². The van der Waals surface area contributed by atoms with Gasteiger partial charge in [-0.15, -0.1) is 0 Å². The summed E-state index contributed by atoms with van der Waals surface area (Å²) in [5, 5.41) is 0.490. The SMILES string of the molecule is NC(=O)c1ccnc2ccc(OC(CF)CF)cc12. The lowest BCUT2D eigenvalue weighted by Gasteiger charge is -2.13. The molecule has 100 valence electrons. The van der Waals surface area contributed by atoms with E-state index in [1.807, 2.05) is 0 Å². The molecule has 4 nitrogen and oxygen atoms in total. The fourth-order valence-electron chi connectivity index (χ4n) is 1.71. The average molecular weight is 266 g/mol. The summed E-state index contributed by atoms with van der Waals surface area (Å²) in [4.78, 5) is 15.4. The first kappa shape index (κ1) is 13.2. The molecular weight excluding hydrogens is 254 g/mol. The topological polar surface area (TPSA) is 65.2 Å². The predicted octanol–water partition coefficient (Wildman–Crippen LogP) is 2.02. The lowest BCUT2D eigenvalue weighted by Crippen LogP contribution is -2.21. The van der Waals surface area contributed by atoms with Gasteiger partial charge in [-0.1, -0.05) is 0 Å². The minimum Gasteiger partial charge on any atom is -0.485 e. The maximum Gasteiger partial charge on any atom is 0.249 e. The van der Waals surface area contributed by atoms with E-state index in [0.717, 1.165) is 0 Å². The van der Waals surface area contributed by atoms with Crippen LogP contribution in [0.4, 0.5) is 8.78 Å². The van der Waals surface area contributed by atoms with E-state index in [9.17, 15) is 13.6 Å². The monoisotopic (exact) mass is 266 g/mol. The Balaban J connectivity index is 2.43. The van der Waals surface area contributed by atoms with Gasteiger partial charge in [0.25, 0.3) is 0 Å². The van der Waals surface area contributed by atoms with Crippen LogP contribution in [0.3, 0.4) is 0 Å². The molecule has 0 fully saturated rings. The highest BCUT2D eigenvalue weighted by atomic mass is 19.1. The summed E-state index contributed by atoms with van der Waals surface area (Å²) in [6, 6.07) is 6.13. The van der Waals surface area contributed by atoms with Gasteiger partial charge in [0.1, 0.15) is 19.1 Å². The number of pyridine rings is 1. The number of aromatic nitrogens is 1. The molecule has 2 rings (SSSR count). The van der Waals surface area contributed by atoms with Gasteiger partial charge in [-0.05, 0) is 24.3 Å². The van der Waals surface area contributed by atoms with E-state index in [1.54, 1.807) is 12.1 Å². The zero-order valence-electron chi connectivity index (χ0n) is 9.98. The van der Waals surface area contributed by atoms with Crippen molar-refractivity contribution in [3.8, 4) is 5.75 Å². The fraction of sp³-hybridized carbons (Fsp3) is 0.231. The largest absolute Gasteiger partial charge is 0.485 e. The lowest BCUT2D eigenvalue weighted by molar-refractivity contribution is 0.100. The summed E-state index contributed by atoms with van der Waals surface area (Å²) in [7, 11) is 0. The molecule has 0 saturated carbocycles. The summed E-state index contributed by atoms with van der Waals surface area (Å²) in [5.74, 6) is -0.333. The van der Waals surface area contributed by atoms with Gasteiger partial charge in [0.15, 0.2) is 6.10 Å². The maximum atomic E-state index is 12.4. The number of nitrogens with zero attached hydrogens (tertiary/aromatic N) is 1. The van der Waals surface area contributed by atoms with Crippen LogP contribution in [-0.2, 0) is 0 Å². The number of primary amides is 1. The molecule has 6 heteroatoms. The van der Waals surface area contributed by atoms with Gasteiger partial charge in [-0.3, -0.25) is 9.78 Å². The Morgan fingerprint density at radius 2 is 2.05 bits per heavy atom. The number of fused-ring (bicyclic) bond motifs is 1. The zero-order chi connectivity index (χ0) is 13.8. The van der Waals surface area contributed by atoms with Crippen molar-refractivity contribution in [2.24, 2.45) is 5.73 Å². The number of carbonyl (C=O) groups excluding carboxylic acids is 1. The quantitative estimate of drug-likeness (QED) is 0.900. The van der Waals surface area contributed by atoms with Crippen LogP contribution >= 0.6 is 0 Å². The molecule has 1 amide bonds. The summed E-state index contributed by atoms with van der Waals surface area (Å²) in [5.41, 5.74) is 6.10. The maximum absolute atomic E-state index is 12.4. The minimum atomic E-state index is -1.15. The van der Waals surface area contributed by atoms with E-state index in [-0.39, 0.29) is 11.3 Å². The molecule has 0 spiro atoms. The normalized spacial score (nSPS) is 10.9. The molecule has 1 aromatic carbocycles. The van der Waals surface area contributed by atoms with E-state index in [0.29, 0.717) is 10.9 Å². The van der Waals surface area contributed by atoms with Crippen LogP contribution in [0.5, 0.6) is 5.75 Å². The summed E-state index contributed by atoms with van der Waals surface area (Å²) >= 11 is 0. The van der Waals surface area contributed by atoms with Crippen molar-refractivity contribution in [3.05, 3.63) is 36.0 Å². The lowest BCUT2D eigenvalue weighted by atomic mass is 10.1. The van der Waals surface area contributed by atoms with Crippen LogP contribution in [0.1, 0.15) is 10.4 Å². The number of alkyl halides is 2. The van der Waals surface area contributed by atoms with Gasteiger partial charge in [-0.2, -0.15) is 0 Å². The number of hydrogen-bond donors (Lipinski definition) is 1. The average Bonchev–Trinajstić information content (AvgIpc) is 2.43. The van der Waals surface area contributed by atoms with E-state index >= 15 is 0 Å². The third kappa shape index (κ3) is 2.78. The van der Waals surface area contributed by atoms with Gasteiger partial charge in [0.2, 0.25) is 5.91 Å². The molecule has 0 aliphatic carbocycles. The Morgan fingerprint density at radius 3 is 2.68 bits per heavy atom. The van der Waals surface area contributed by atoms with E-state index in [1.165, 1.54) is 18.3 Å². The van der Waals surface area contributed by atoms with Gasteiger partial charge in [-0.25, -0.2) is 8.78 Å². The third-order valence-corrected chi connectivity index (χ3v) is 2.63. The predicted molar refractivity (Wildman–Crippen MR) is 66.6 cm³/mol. The zero-order valence-corrected chi connectivity index (χ0v) is 9.98. The summed E-state index contributed by atoms with van der Waals surface area (Å²) < 4.78 is 30.0. The molecule has 2 N–H and O–H groups in total. The minimum absolute atomic E-state index is 0.267. The van der Waals surface area contributed by atoms with Crippen LogP contribution in [0.2, 0.25) is 0 Å². The molecule has 0 bridgehead atoms. The van der Waals surface area contributed by atoms with Crippen molar-refractivity contribution >= 4 is 16.8 Å². The molecule has 1 aromatic heterocycles. The number of nitrogens with two attached hydrogens (primary N) is 1. The molecular formula is C13H12F2N2O2. The Labute approximate surface area is 108 Å². The highest BCUT2D eigenvalue weighted by Crippen LogP contribution is 2.23. The molecule has 0 aliphatic heterocycles. The number of halogens is 2. The molecule has 1 heterocycles. The van der Waals surface area contributed by atoms with E-state index in [4.69, 9.17) is 10.5 Å². The first-order chi connectivity index (χ1) is 9.15. The Hall–Kier alpha value is -2.24. The molecule has 0 saturated heterocycles. The van der Waals surface area contributed by atoms with Crippen LogP contribution in [0.15, 0.2) is 30.5 Å². The third-order valence-electron chi connectivity index (χ3n) is 2.63. The number of carbonyl (C=O) groups is 1. The van der Waals surface area contributed by atoms with Crippen molar-refractivity contribution in [2.75, 3.05) is 13.3 Å². The first-order valence-corrected chi connectivity index (χ1v) is 5.63. The number of ether oxygens (including phenoxy) is 1. The van der Waals surface area contributed by atoms with E-state index < -0.39 is 25.4 Å². The molecule has 0 atom stereocenters. The Kier molecular flexibility index (Phi) is 3.89. The molecule has 0 unspecified atom stereocenters. The second-order valence-electron chi connectivity index (χ2n) is 3.95. The van der Waals surface area contributed by atoms with Crippen molar-refractivity contribution in [1.82, 2.24) is 4.98 Å². The van der Waals surface area contributed by atoms with Gasteiger partial charge < -0.3 is 10.5 Å². The van der Waals surface area contributed by atoms with Crippen molar-refractivity contribution in [3.63, 3.8) is 0 Å². The highest BCUT2D eigenvalue weighted by Gasteiger charge is 2.12. The van der Waals surface area contributed by atoms with E-state index in [2.05, 4.69) is 4.98 Å². The van der Waals surface area contributed by atoms with Crippen molar-refractivity contribution in [1.29, 1.82) is 0 Å². The highest BCUT2D eigenvalue weighted by molar-refractivity contribution is 6.05.